The fourth-order valence-corrected chi connectivity index (χ4v) is 1.83. The van der Waals surface area contributed by atoms with Crippen molar-refractivity contribution in [3.63, 3.8) is 0 Å². The molecule has 1 N–H and O–H groups in total. The maximum absolute atomic E-state index is 9.53. The lowest BCUT2D eigenvalue weighted by atomic mass is 10.2. The van der Waals surface area contributed by atoms with Crippen molar-refractivity contribution in [3.05, 3.63) is 0 Å². The number of aliphatic hydroxyl groups excluding tert-OH is 1. The zero-order chi connectivity index (χ0) is 8.97. The van der Waals surface area contributed by atoms with E-state index in [-0.39, 0.29) is 6.10 Å². The highest BCUT2D eigenvalue weighted by Crippen LogP contribution is 2.22. The van der Waals surface area contributed by atoms with Gasteiger partial charge in [-0.1, -0.05) is 0 Å². The lowest BCUT2D eigenvalue weighted by molar-refractivity contribution is 0.0876. The predicted octanol–water partition coefficient (Wildman–Crippen LogP) is 0.745. The van der Waals surface area contributed by atoms with E-state index < -0.39 is 0 Å². The van der Waals surface area contributed by atoms with Crippen LogP contribution in [0.15, 0.2) is 0 Å². The second-order valence-corrected chi connectivity index (χ2v) is 3.45. The molecule has 1 aliphatic rings. The molecule has 0 bridgehead atoms. The minimum atomic E-state index is -0.173. The van der Waals surface area contributed by atoms with Gasteiger partial charge in [-0.05, 0) is 26.3 Å². The molecule has 68 valence electrons. The van der Waals surface area contributed by atoms with E-state index in [4.69, 9.17) is 5.26 Å². The van der Waals surface area contributed by atoms with Gasteiger partial charge < -0.3 is 5.11 Å². The summed E-state index contributed by atoms with van der Waals surface area (Å²) in [5.74, 6) is 0. The summed E-state index contributed by atoms with van der Waals surface area (Å²) in [5, 5.41) is 17.9. The number of hydrogen-bond acceptors (Lipinski definition) is 3. The van der Waals surface area contributed by atoms with Gasteiger partial charge in [-0.2, -0.15) is 5.26 Å². The smallest absolute Gasteiger partial charge is 0.0695 e. The van der Waals surface area contributed by atoms with Crippen molar-refractivity contribution >= 4 is 0 Å². The van der Waals surface area contributed by atoms with E-state index in [1.807, 2.05) is 7.05 Å². The van der Waals surface area contributed by atoms with Crippen molar-refractivity contribution in [1.82, 2.24) is 4.90 Å². The summed E-state index contributed by atoms with van der Waals surface area (Å²) in [5.41, 5.74) is 0. The van der Waals surface area contributed by atoms with Crippen LogP contribution in [0.3, 0.4) is 0 Å². The van der Waals surface area contributed by atoms with Crippen LogP contribution < -0.4 is 0 Å². The van der Waals surface area contributed by atoms with Crippen LogP contribution in [0.4, 0.5) is 0 Å². The van der Waals surface area contributed by atoms with E-state index in [1.54, 1.807) is 0 Å². The molecule has 0 amide bonds. The number of aliphatic hydroxyl groups is 1. The minimum absolute atomic E-state index is 0.173. The van der Waals surface area contributed by atoms with Crippen LogP contribution in [-0.2, 0) is 0 Å². The van der Waals surface area contributed by atoms with Crippen LogP contribution in [-0.4, -0.2) is 35.7 Å². The standard InChI is InChI=1S/C9H16N2O/c1-11(7-3-6-10)8-4-2-5-9(8)12/h8-9,12H,2-5,7H2,1H3/t8-,9-/m1/s1. The molecule has 0 spiro atoms. The van der Waals surface area contributed by atoms with Crippen LogP contribution in [0.5, 0.6) is 0 Å². The van der Waals surface area contributed by atoms with E-state index >= 15 is 0 Å². The van der Waals surface area contributed by atoms with E-state index in [9.17, 15) is 5.11 Å². The summed E-state index contributed by atoms with van der Waals surface area (Å²) < 4.78 is 0. The molecule has 12 heavy (non-hydrogen) atoms. The van der Waals surface area contributed by atoms with Gasteiger partial charge in [0.25, 0.3) is 0 Å². The Labute approximate surface area is 73.6 Å². The SMILES string of the molecule is CN(CCC#N)[C@@H]1CCC[C@H]1O. The number of nitriles is 1. The molecule has 2 atom stereocenters. The Kier molecular flexibility index (Phi) is 3.51. The highest BCUT2D eigenvalue weighted by molar-refractivity contribution is 4.85. The fraction of sp³-hybridized carbons (Fsp3) is 0.889. The molecule has 3 nitrogen and oxygen atoms in total. The van der Waals surface area contributed by atoms with Gasteiger partial charge in [0.2, 0.25) is 0 Å². The topological polar surface area (TPSA) is 47.3 Å². The van der Waals surface area contributed by atoms with Gasteiger partial charge in [0.1, 0.15) is 0 Å². The highest BCUT2D eigenvalue weighted by atomic mass is 16.3. The molecule has 1 rings (SSSR count). The number of rotatable bonds is 3. The molecular weight excluding hydrogens is 152 g/mol. The first-order chi connectivity index (χ1) is 5.75. The minimum Gasteiger partial charge on any atom is -0.391 e. The largest absolute Gasteiger partial charge is 0.391 e. The Morgan fingerprint density at radius 3 is 2.83 bits per heavy atom. The summed E-state index contributed by atoms with van der Waals surface area (Å²) in [6.07, 6.45) is 3.49. The number of likely N-dealkylation sites (N-methyl/N-ethyl adjacent to an activating group) is 1. The van der Waals surface area contributed by atoms with Crippen molar-refractivity contribution in [1.29, 1.82) is 5.26 Å². The maximum Gasteiger partial charge on any atom is 0.0695 e. The third-order valence-electron chi connectivity index (χ3n) is 2.59. The van der Waals surface area contributed by atoms with Gasteiger partial charge in [-0.25, -0.2) is 0 Å². The van der Waals surface area contributed by atoms with E-state index in [1.165, 1.54) is 0 Å². The molecule has 0 radical (unpaired) electrons. The third-order valence-corrected chi connectivity index (χ3v) is 2.59. The molecule has 3 heteroatoms. The molecule has 0 aromatic carbocycles. The van der Waals surface area contributed by atoms with Gasteiger partial charge in [0, 0.05) is 19.0 Å². The lowest BCUT2D eigenvalue weighted by Gasteiger charge is -2.25. The third kappa shape index (κ3) is 2.20. The highest BCUT2D eigenvalue weighted by Gasteiger charge is 2.27. The van der Waals surface area contributed by atoms with Crippen LogP contribution >= 0.6 is 0 Å². The molecule has 1 aliphatic carbocycles. The molecule has 0 saturated heterocycles. The molecular formula is C9H16N2O. The summed E-state index contributed by atoms with van der Waals surface area (Å²) in [6.45, 7) is 0.776. The first-order valence-electron chi connectivity index (χ1n) is 4.51. The Balaban J connectivity index is 2.31. The van der Waals surface area contributed by atoms with E-state index in [2.05, 4.69) is 11.0 Å². The molecule has 0 aromatic heterocycles. The van der Waals surface area contributed by atoms with Crippen LogP contribution in [0.1, 0.15) is 25.7 Å². The Bertz CT molecular complexity index is 176. The van der Waals surface area contributed by atoms with Gasteiger partial charge in [-0.15, -0.1) is 0 Å². The van der Waals surface area contributed by atoms with E-state index in [0.717, 1.165) is 25.8 Å². The quantitative estimate of drug-likeness (QED) is 0.676. The van der Waals surface area contributed by atoms with Gasteiger partial charge in [0.15, 0.2) is 0 Å². The van der Waals surface area contributed by atoms with Crippen LogP contribution in [0.25, 0.3) is 0 Å². The summed E-state index contributed by atoms with van der Waals surface area (Å²) >= 11 is 0. The second-order valence-electron chi connectivity index (χ2n) is 3.45. The van der Waals surface area contributed by atoms with Crippen molar-refractivity contribution in [2.24, 2.45) is 0 Å². The lowest BCUT2D eigenvalue weighted by Crippen LogP contribution is -2.37. The number of nitrogens with zero attached hydrogens (tertiary/aromatic N) is 2. The maximum atomic E-state index is 9.53. The van der Waals surface area contributed by atoms with Gasteiger partial charge in [-0.3, -0.25) is 4.90 Å². The number of hydrogen-bond donors (Lipinski definition) is 1. The van der Waals surface area contributed by atoms with Crippen molar-refractivity contribution < 1.29 is 5.11 Å². The van der Waals surface area contributed by atoms with Crippen molar-refractivity contribution in [2.75, 3.05) is 13.6 Å². The molecule has 1 fully saturated rings. The van der Waals surface area contributed by atoms with Crippen molar-refractivity contribution in [2.45, 2.75) is 37.8 Å². The molecule has 0 aromatic rings. The molecule has 0 aliphatic heterocycles. The predicted molar refractivity (Wildman–Crippen MR) is 46.5 cm³/mol. The fourth-order valence-electron chi connectivity index (χ4n) is 1.83. The van der Waals surface area contributed by atoms with Gasteiger partial charge >= 0.3 is 0 Å². The Morgan fingerprint density at radius 2 is 2.33 bits per heavy atom. The Morgan fingerprint density at radius 1 is 1.58 bits per heavy atom. The summed E-state index contributed by atoms with van der Waals surface area (Å²) in [7, 11) is 1.98. The normalized spacial score (nSPS) is 29.2. The molecule has 1 saturated carbocycles. The monoisotopic (exact) mass is 168 g/mol. The molecule has 0 heterocycles. The zero-order valence-corrected chi connectivity index (χ0v) is 7.53. The average Bonchev–Trinajstić information content (AvgIpc) is 2.47. The summed E-state index contributed by atoms with van der Waals surface area (Å²) in [4.78, 5) is 2.10. The Hall–Kier alpha value is -0.590. The second kappa shape index (κ2) is 4.44. The van der Waals surface area contributed by atoms with Crippen LogP contribution in [0, 0.1) is 11.3 Å². The molecule has 0 unspecified atom stereocenters. The van der Waals surface area contributed by atoms with Crippen molar-refractivity contribution in [3.8, 4) is 6.07 Å². The van der Waals surface area contributed by atoms with Crippen LogP contribution in [0.2, 0.25) is 0 Å². The first kappa shape index (κ1) is 9.50. The first-order valence-corrected chi connectivity index (χ1v) is 4.51. The van der Waals surface area contributed by atoms with E-state index in [0.29, 0.717) is 12.5 Å². The zero-order valence-electron chi connectivity index (χ0n) is 7.53. The summed E-state index contributed by atoms with van der Waals surface area (Å²) in [6, 6.07) is 2.40. The van der Waals surface area contributed by atoms with Gasteiger partial charge in [0.05, 0.1) is 12.2 Å². The average molecular weight is 168 g/mol.